The van der Waals surface area contributed by atoms with Crippen LogP contribution in [0.4, 0.5) is 0 Å². The number of hydrogen-bond acceptors (Lipinski definition) is 2. The van der Waals surface area contributed by atoms with E-state index in [1.165, 1.54) is 43.4 Å². The number of aromatic nitrogens is 2. The van der Waals surface area contributed by atoms with Crippen molar-refractivity contribution in [3.8, 4) is 0 Å². The van der Waals surface area contributed by atoms with Crippen molar-refractivity contribution >= 4 is 5.91 Å². The Morgan fingerprint density at radius 2 is 1.89 bits per heavy atom. The third-order valence-corrected chi connectivity index (χ3v) is 4.52. The van der Waals surface area contributed by atoms with Gasteiger partial charge in [-0.1, -0.05) is 19.3 Å². The quantitative estimate of drug-likeness (QED) is 0.888. The number of amides is 1. The predicted molar refractivity (Wildman–Crippen MR) is 74.2 cm³/mol. The number of nitrogens with one attached hydrogen (secondary N) is 1. The molecular weight excluding hydrogens is 238 g/mol. The fourth-order valence-electron chi connectivity index (χ4n) is 3.46. The summed E-state index contributed by atoms with van der Waals surface area (Å²) >= 11 is 0. The number of carbonyl (C=O) groups is 1. The molecule has 0 aromatic carbocycles. The summed E-state index contributed by atoms with van der Waals surface area (Å²) in [7, 11) is 1.96. The molecule has 1 aromatic heterocycles. The minimum atomic E-state index is 0.0469. The second kappa shape index (κ2) is 5.35. The average Bonchev–Trinajstić information content (AvgIpc) is 2.78. The normalized spacial score (nSPS) is 20.1. The zero-order valence-corrected chi connectivity index (χ0v) is 11.7. The Kier molecular flexibility index (Phi) is 3.58. The lowest BCUT2D eigenvalue weighted by Gasteiger charge is -2.22. The van der Waals surface area contributed by atoms with Crippen molar-refractivity contribution in [1.82, 2.24) is 15.1 Å². The second-order valence-electron chi connectivity index (χ2n) is 5.91. The van der Waals surface area contributed by atoms with Crippen LogP contribution in [0.25, 0.3) is 0 Å². The molecule has 1 fully saturated rings. The first-order chi connectivity index (χ1) is 9.25. The molecule has 0 atom stereocenters. The Morgan fingerprint density at radius 1 is 1.16 bits per heavy atom. The predicted octanol–water partition coefficient (Wildman–Crippen LogP) is 2.36. The first-order valence-electron chi connectivity index (χ1n) is 7.61. The zero-order chi connectivity index (χ0) is 13.2. The van der Waals surface area contributed by atoms with Gasteiger partial charge in [-0.25, -0.2) is 0 Å². The zero-order valence-electron chi connectivity index (χ0n) is 11.7. The van der Waals surface area contributed by atoms with Gasteiger partial charge in [-0.2, -0.15) is 5.10 Å². The third-order valence-electron chi connectivity index (χ3n) is 4.52. The van der Waals surface area contributed by atoms with E-state index in [0.29, 0.717) is 11.7 Å². The van der Waals surface area contributed by atoms with Gasteiger partial charge >= 0.3 is 0 Å². The number of aryl methyl sites for hydroxylation is 1. The Labute approximate surface area is 114 Å². The summed E-state index contributed by atoms with van der Waals surface area (Å²) in [6, 6.07) is 0.363. The van der Waals surface area contributed by atoms with Gasteiger partial charge in [0.2, 0.25) is 0 Å². The van der Waals surface area contributed by atoms with E-state index in [1.807, 2.05) is 11.7 Å². The second-order valence-corrected chi connectivity index (χ2v) is 5.91. The molecule has 4 heteroatoms. The minimum Gasteiger partial charge on any atom is -0.348 e. The van der Waals surface area contributed by atoms with Crippen molar-refractivity contribution in [2.75, 3.05) is 0 Å². The van der Waals surface area contributed by atoms with Crippen LogP contribution in [-0.4, -0.2) is 21.7 Å². The van der Waals surface area contributed by atoms with Gasteiger partial charge in [0.15, 0.2) is 5.69 Å². The molecule has 0 radical (unpaired) electrons. The Balaban J connectivity index is 1.76. The van der Waals surface area contributed by atoms with Crippen molar-refractivity contribution in [2.45, 2.75) is 63.8 Å². The van der Waals surface area contributed by atoms with Crippen LogP contribution in [0.1, 0.15) is 66.7 Å². The summed E-state index contributed by atoms with van der Waals surface area (Å²) in [5.41, 5.74) is 3.14. The third kappa shape index (κ3) is 2.53. The molecule has 0 spiro atoms. The van der Waals surface area contributed by atoms with Crippen LogP contribution in [0.2, 0.25) is 0 Å². The smallest absolute Gasteiger partial charge is 0.272 e. The van der Waals surface area contributed by atoms with Crippen molar-refractivity contribution in [1.29, 1.82) is 0 Å². The van der Waals surface area contributed by atoms with E-state index in [-0.39, 0.29) is 5.91 Å². The molecule has 1 heterocycles. The van der Waals surface area contributed by atoms with E-state index >= 15 is 0 Å². The molecule has 4 nitrogen and oxygen atoms in total. The van der Waals surface area contributed by atoms with Crippen molar-refractivity contribution < 1.29 is 4.79 Å². The number of hydrogen-bond donors (Lipinski definition) is 1. The monoisotopic (exact) mass is 261 g/mol. The highest BCUT2D eigenvalue weighted by Crippen LogP contribution is 2.24. The number of nitrogens with zero attached hydrogens (tertiary/aromatic N) is 2. The Bertz CT molecular complexity index is 472. The maximum atomic E-state index is 12.4. The number of carbonyl (C=O) groups excluding carboxylic acids is 1. The van der Waals surface area contributed by atoms with Crippen molar-refractivity contribution in [3.63, 3.8) is 0 Å². The molecule has 2 aliphatic rings. The van der Waals surface area contributed by atoms with Crippen molar-refractivity contribution in [2.24, 2.45) is 7.05 Å². The molecular formula is C15H23N3O. The van der Waals surface area contributed by atoms with E-state index in [1.54, 1.807) is 0 Å². The largest absolute Gasteiger partial charge is 0.348 e. The summed E-state index contributed by atoms with van der Waals surface area (Å²) in [4.78, 5) is 12.4. The van der Waals surface area contributed by atoms with Crippen LogP contribution < -0.4 is 5.32 Å². The number of rotatable bonds is 2. The maximum absolute atomic E-state index is 12.4. The molecule has 1 aromatic rings. The molecule has 0 bridgehead atoms. The fourth-order valence-corrected chi connectivity index (χ4v) is 3.46. The summed E-state index contributed by atoms with van der Waals surface area (Å²) in [5.74, 6) is 0.0469. The van der Waals surface area contributed by atoms with Crippen LogP contribution in [0.15, 0.2) is 0 Å². The van der Waals surface area contributed by atoms with Gasteiger partial charge in [0, 0.05) is 24.3 Å². The molecule has 3 rings (SSSR count). The van der Waals surface area contributed by atoms with E-state index in [2.05, 4.69) is 10.4 Å². The Morgan fingerprint density at radius 3 is 2.68 bits per heavy atom. The van der Waals surface area contributed by atoms with E-state index in [0.717, 1.165) is 25.7 Å². The van der Waals surface area contributed by atoms with Crippen LogP contribution in [0.5, 0.6) is 0 Å². The molecule has 0 aliphatic heterocycles. The average molecular weight is 261 g/mol. The SMILES string of the molecule is Cn1nc(C(=O)NC2CCCCC2)c2c1CCCC2. The van der Waals surface area contributed by atoms with Gasteiger partial charge in [0.25, 0.3) is 5.91 Å². The molecule has 0 unspecified atom stereocenters. The van der Waals surface area contributed by atoms with Crippen LogP contribution in [-0.2, 0) is 19.9 Å². The van der Waals surface area contributed by atoms with Gasteiger partial charge < -0.3 is 5.32 Å². The molecule has 1 N–H and O–H groups in total. The fraction of sp³-hybridized carbons (Fsp3) is 0.733. The maximum Gasteiger partial charge on any atom is 0.272 e. The van der Waals surface area contributed by atoms with Gasteiger partial charge in [0.1, 0.15) is 0 Å². The molecule has 19 heavy (non-hydrogen) atoms. The lowest BCUT2D eigenvalue weighted by Crippen LogP contribution is -2.36. The van der Waals surface area contributed by atoms with Crippen molar-refractivity contribution in [3.05, 3.63) is 17.0 Å². The summed E-state index contributed by atoms with van der Waals surface area (Å²) in [6.45, 7) is 0. The van der Waals surface area contributed by atoms with Gasteiger partial charge in [0.05, 0.1) is 0 Å². The highest BCUT2D eigenvalue weighted by molar-refractivity contribution is 5.94. The Hall–Kier alpha value is -1.32. The molecule has 2 aliphatic carbocycles. The molecule has 1 saturated carbocycles. The number of fused-ring (bicyclic) bond motifs is 1. The van der Waals surface area contributed by atoms with Crippen LogP contribution in [0, 0.1) is 0 Å². The van der Waals surface area contributed by atoms with E-state index in [9.17, 15) is 4.79 Å². The highest BCUT2D eigenvalue weighted by Gasteiger charge is 2.25. The lowest BCUT2D eigenvalue weighted by molar-refractivity contribution is 0.0921. The minimum absolute atomic E-state index is 0.0469. The van der Waals surface area contributed by atoms with E-state index < -0.39 is 0 Å². The molecule has 0 saturated heterocycles. The lowest BCUT2D eigenvalue weighted by atomic mass is 9.94. The summed E-state index contributed by atoms with van der Waals surface area (Å²) < 4.78 is 1.91. The summed E-state index contributed by atoms with van der Waals surface area (Å²) in [6.07, 6.45) is 10.5. The standard InChI is InChI=1S/C15H23N3O/c1-18-13-10-6-5-9-12(13)14(17-18)15(19)16-11-7-3-2-4-8-11/h11H,2-10H2,1H3,(H,16,19). The van der Waals surface area contributed by atoms with Crippen LogP contribution in [0.3, 0.4) is 0 Å². The van der Waals surface area contributed by atoms with Gasteiger partial charge in [-0.05, 0) is 38.5 Å². The first kappa shape index (κ1) is 12.7. The molecule has 1 amide bonds. The van der Waals surface area contributed by atoms with E-state index in [4.69, 9.17) is 0 Å². The molecule has 104 valence electrons. The van der Waals surface area contributed by atoms with Gasteiger partial charge in [-0.15, -0.1) is 0 Å². The highest BCUT2D eigenvalue weighted by atomic mass is 16.2. The first-order valence-corrected chi connectivity index (χ1v) is 7.61. The summed E-state index contributed by atoms with van der Waals surface area (Å²) in [5, 5.41) is 7.65. The van der Waals surface area contributed by atoms with Gasteiger partial charge in [-0.3, -0.25) is 9.48 Å². The topological polar surface area (TPSA) is 46.9 Å². The van der Waals surface area contributed by atoms with Crippen LogP contribution >= 0.6 is 0 Å².